The zero-order chi connectivity index (χ0) is 15.6. The van der Waals surface area contributed by atoms with Crippen molar-refractivity contribution >= 4 is 21.4 Å². The quantitative estimate of drug-likeness (QED) is 0.913. The molecule has 5 nitrogen and oxygen atoms in total. The number of nitrogens with zero attached hydrogens (tertiary/aromatic N) is 1. The van der Waals surface area contributed by atoms with Crippen LogP contribution in [-0.4, -0.2) is 19.8 Å². The topological polar surface area (TPSA) is 72.2 Å². The van der Waals surface area contributed by atoms with E-state index in [1.165, 1.54) is 6.26 Å². The molecular weight excluding hydrogens is 312 g/mol. The van der Waals surface area contributed by atoms with Gasteiger partial charge in [-0.25, -0.2) is 8.42 Å². The molecule has 0 saturated carbocycles. The van der Waals surface area contributed by atoms with Crippen LogP contribution in [0.3, 0.4) is 0 Å². The van der Waals surface area contributed by atoms with Crippen LogP contribution in [0, 0.1) is 13.8 Å². The molecule has 0 atom stereocenters. The van der Waals surface area contributed by atoms with Crippen molar-refractivity contribution in [1.82, 2.24) is 10.5 Å². The molecule has 2 rings (SSSR count). The number of aryl methyl sites for hydroxylation is 2. The van der Waals surface area contributed by atoms with Crippen LogP contribution < -0.4 is 5.32 Å². The SMILES string of the molecule is Cc1noc(C)c1CNCc1c(Cl)cccc1S(C)(=O)=O. The molecule has 0 aliphatic heterocycles. The fourth-order valence-corrected chi connectivity index (χ4v) is 3.38. The summed E-state index contributed by atoms with van der Waals surface area (Å²) in [5.41, 5.74) is 2.37. The van der Waals surface area contributed by atoms with Crippen molar-refractivity contribution in [3.8, 4) is 0 Å². The summed E-state index contributed by atoms with van der Waals surface area (Å²) in [5, 5.41) is 7.50. The van der Waals surface area contributed by atoms with Gasteiger partial charge < -0.3 is 9.84 Å². The van der Waals surface area contributed by atoms with E-state index in [4.69, 9.17) is 16.1 Å². The van der Waals surface area contributed by atoms with Gasteiger partial charge in [-0.1, -0.05) is 22.8 Å². The summed E-state index contributed by atoms with van der Waals surface area (Å²) in [6.45, 7) is 4.60. The van der Waals surface area contributed by atoms with Gasteiger partial charge in [-0.3, -0.25) is 0 Å². The van der Waals surface area contributed by atoms with Gasteiger partial charge in [0.05, 0.1) is 10.6 Å². The summed E-state index contributed by atoms with van der Waals surface area (Å²) >= 11 is 6.12. The standard InChI is InChI=1S/C14H17ClN2O3S/c1-9-11(10(2)20-17-9)7-16-8-12-13(15)5-4-6-14(12)21(3,18)19/h4-6,16H,7-8H2,1-3H3. The molecule has 0 aliphatic carbocycles. The third-order valence-corrected chi connectivity index (χ3v) is 4.80. The van der Waals surface area contributed by atoms with Gasteiger partial charge in [0.2, 0.25) is 0 Å². The Labute approximate surface area is 129 Å². The fourth-order valence-electron chi connectivity index (χ4n) is 2.12. The lowest BCUT2D eigenvalue weighted by molar-refractivity contribution is 0.392. The minimum absolute atomic E-state index is 0.251. The molecule has 0 radical (unpaired) electrons. The molecule has 1 heterocycles. The molecule has 1 N–H and O–H groups in total. The van der Waals surface area contributed by atoms with Crippen molar-refractivity contribution in [2.75, 3.05) is 6.26 Å². The molecular formula is C14H17ClN2O3S. The Kier molecular flexibility index (Phi) is 4.70. The second-order valence-corrected chi connectivity index (χ2v) is 7.29. The highest BCUT2D eigenvalue weighted by Gasteiger charge is 2.16. The molecule has 1 aromatic heterocycles. The number of hydrogen-bond donors (Lipinski definition) is 1. The maximum atomic E-state index is 11.8. The van der Waals surface area contributed by atoms with Gasteiger partial charge in [0.25, 0.3) is 0 Å². The van der Waals surface area contributed by atoms with E-state index in [0.717, 1.165) is 17.0 Å². The summed E-state index contributed by atoms with van der Waals surface area (Å²) in [6, 6.07) is 4.88. The van der Waals surface area contributed by atoms with Gasteiger partial charge in [-0.2, -0.15) is 0 Å². The number of hydrogen-bond acceptors (Lipinski definition) is 5. The molecule has 0 bridgehead atoms. The van der Waals surface area contributed by atoms with Gasteiger partial charge in [-0.05, 0) is 26.0 Å². The summed E-state index contributed by atoms with van der Waals surface area (Å²) < 4.78 is 28.7. The van der Waals surface area contributed by atoms with Gasteiger partial charge in [-0.15, -0.1) is 0 Å². The molecule has 7 heteroatoms. The summed E-state index contributed by atoms with van der Waals surface area (Å²) in [4.78, 5) is 0.251. The predicted octanol–water partition coefficient (Wildman–Crippen LogP) is 2.64. The maximum absolute atomic E-state index is 11.8. The van der Waals surface area contributed by atoms with Crippen molar-refractivity contribution in [3.05, 3.63) is 45.8 Å². The smallest absolute Gasteiger partial charge is 0.175 e. The van der Waals surface area contributed by atoms with Crippen LogP contribution in [0.2, 0.25) is 5.02 Å². The number of aromatic nitrogens is 1. The van der Waals surface area contributed by atoms with E-state index in [-0.39, 0.29) is 4.90 Å². The van der Waals surface area contributed by atoms with E-state index in [1.807, 2.05) is 13.8 Å². The predicted molar refractivity (Wildman–Crippen MR) is 81.1 cm³/mol. The number of halogens is 1. The summed E-state index contributed by atoms with van der Waals surface area (Å²) in [5.74, 6) is 0.752. The van der Waals surface area contributed by atoms with E-state index in [0.29, 0.717) is 23.7 Å². The van der Waals surface area contributed by atoms with Crippen molar-refractivity contribution < 1.29 is 12.9 Å². The number of rotatable bonds is 5. The molecule has 114 valence electrons. The van der Waals surface area contributed by atoms with E-state index >= 15 is 0 Å². The van der Waals surface area contributed by atoms with E-state index in [1.54, 1.807) is 18.2 Å². The molecule has 0 aliphatic rings. The Morgan fingerprint density at radius 3 is 2.48 bits per heavy atom. The summed E-state index contributed by atoms with van der Waals surface area (Å²) in [7, 11) is -3.31. The van der Waals surface area contributed by atoms with E-state index in [2.05, 4.69) is 10.5 Å². The Bertz CT molecular complexity index is 734. The first-order valence-electron chi connectivity index (χ1n) is 6.40. The third kappa shape index (κ3) is 3.64. The van der Waals surface area contributed by atoms with Crippen LogP contribution in [0.5, 0.6) is 0 Å². The lowest BCUT2D eigenvalue weighted by Gasteiger charge is -2.11. The molecule has 0 spiro atoms. The molecule has 0 amide bonds. The highest BCUT2D eigenvalue weighted by atomic mass is 35.5. The molecule has 0 unspecified atom stereocenters. The van der Waals surface area contributed by atoms with Crippen LogP contribution in [0.4, 0.5) is 0 Å². The monoisotopic (exact) mass is 328 g/mol. The second-order valence-electron chi connectivity index (χ2n) is 4.89. The Balaban J connectivity index is 2.18. The van der Waals surface area contributed by atoms with Gasteiger partial charge in [0, 0.05) is 35.5 Å². The largest absolute Gasteiger partial charge is 0.361 e. The first-order valence-corrected chi connectivity index (χ1v) is 8.67. The molecule has 0 fully saturated rings. The number of benzene rings is 1. The summed E-state index contributed by atoms with van der Waals surface area (Å²) in [6.07, 6.45) is 1.18. The Hall–Kier alpha value is -1.37. The zero-order valence-electron chi connectivity index (χ0n) is 12.1. The van der Waals surface area contributed by atoms with Crippen LogP contribution in [0.1, 0.15) is 22.6 Å². The lowest BCUT2D eigenvalue weighted by atomic mass is 10.2. The average Bonchev–Trinajstić information content (AvgIpc) is 2.70. The van der Waals surface area contributed by atoms with E-state index < -0.39 is 9.84 Å². The third-order valence-electron chi connectivity index (χ3n) is 3.26. The first kappa shape index (κ1) is 16.0. The number of sulfone groups is 1. The Morgan fingerprint density at radius 2 is 1.90 bits per heavy atom. The van der Waals surface area contributed by atoms with Crippen LogP contribution in [0.25, 0.3) is 0 Å². The molecule has 21 heavy (non-hydrogen) atoms. The highest BCUT2D eigenvalue weighted by Crippen LogP contribution is 2.24. The van der Waals surface area contributed by atoms with Gasteiger partial charge in [0.15, 0.2) is 9.84 Å². The van der Waals surface area contributed by atoms with Gasteiger partial charge in [0.1, 0.15) is 5.76 Å². The van der Waals surface area contributed by atoms with Crippen molar-refractivity contribution in [2.45, 2.75) is 31.8 Å². The average molecular weight is 329 g/mol. The Morgan fingerprint density at radius 1 is 1.24 bits per heavy atom. The second kappa shape index (κ2) is 6.17. The fraction of sp³-hybridized carbons (Fsp3) is 0.357. The molecule has 1 aromatic carbocycles. The molecule has 2 aromatic rings. The lowest BCUT2D eigenvalue weighted by Crippen LogP contribution is -2.16. The highest BCUT2D eigenvalue weighted by molar-refractivity contribution is 7.90. The minimum Gasteiger partial charge on any atom is -0.361 e. The van der Waals surface area contributed by atoms with Crippen LogP contribution in [0.15, 0.2) is 27.6 Å². The molecule has 0 saturated heterocycles. The van der Waals surface area contributed by atoms with Crippen molar-refractivity contribution in [3.63, 3.8) is 0 Å². The van der Waals surface area contributed by atoms with Crippen LogP contribution in [-0.2, 0) is 22.9 Å². The normalized spacial score (nSPS) is 11.8. The van der Waals surface area contributed by atoms with Crippen molar-refractivity contribution in [1.29, 1.82) is 0 Å². The zero-order valence-corrected chi connectivity index (χ0v) is 13.7. The van der Waals surface area contributed by atoms with Gasteiger partial charge >= 0.3 is 0 Å². The first-order chi connectivity index (χ1) is 9.80. The van der Waals surface area contributed by atoms with Crippen molar-refractivity contribution in [2.24, 2.45) is 0 Å². The number of nitrogens with one attached hydrogen (secondary N) is 1. The maximum Gasteiger partial charge on any atom is 0.175 e. The van der Waals surface area contributed by atoms with E-state index in [9.17, 15) is 8.42 Å². The van der Waals surface area contributed by atoms with Crippen LogP contribution >= 0.6 is 11.6 Å². The minimum atomic E-state index is -3.31.